The van der Waals surface area contributed by atoms with Crippen LogP contribution in [0.5, 0.6) is 5.75 Å². The van der Waals surface area contributed by atoms with Crippen LogP contribution >= 0.6 is 15.9 Å². The lowest BCUT2D eigenvalue weighted by Gasteiger charge is -2.22. The number of aromatic amines is 1. The summed E-state index contributed by atoms with van der Waals surface area (Å²) >= 11 is 3.32. The Bertz CT molecular complexity index is 555. The summed E-state index contributed by atoms with van der Waals surface area (Å²) in [4.78, 5) is 7.33. The maximum Gasteiger partial charge on any atom is 0.174 e. The van der Waals surface area contributed by atoms with Gasteiger partial charge in [-0.2, -0.15) is 0 Å². The number of imidazole rings is 1. The summed E-state index contributed by atoms with van der Waals surface area (Å²) < 4.78 is 6.17. The highest BCUT2D eigenvalue weighted by atomic mass is 79.9. The lowest BCUT2D eigenvalue weighted by molar-refractivity contribution is 0.397. The normalized spacial score (nSPS) is 11.6. The summed E-state index contributed by atoms with van der Waals surface area (Å²) in [6.07, 6.45) is 1.82. The molecule has 0 saturated carbocycles. The third-order valence-electron chi connectivity index (χ3n) is 2.86. The SMILES string of the molecule is COc1ccc(-c2cnc(Br)[nH]2)cc1C(C)(C)C. The van der Waals surface area contributed by atoms with Gasteiger partial charge >= 0.3 is 0 Å². The van der Waals surface area contributed by atoms with Crippen LogP contribution in [0.4, 0.5) is 0 Å². The molecule has 0 aliphatic carbocycles. The maximum atomic E-state index is 5.43. The zero-order valence-electron chi connectivity index (χ0n) is 11.0. The van der Waals surface area contributed by atoms with E-state index in [1.165, 1.54) is 5.56 Å². The molecule has 0 radical (unpaired) electrons. The Hall–Kier alpha value is -1.29. The quantitative estimate of drug-likeness (QED) is 0.905. The summed E-state index contributed by atoms with van der Waals surface area (Å²) in [7, 11) is 1.71. The van der Waals surface area contributed by atoms with Crippen molar-refractivity contribution in [3.63, 3.8) is 0 Å². The van der Waals surface area contributed by atoms with Crippen molar-refractivity contribution in [3.8, 4) is 17.0 Å². The van der Waals surface area contributed by atoms with Crippen molar-refractivity contribution in [2.75, 3.05) is 7.11 Å². The van der Waals surface area contributed by atoms with Gasteiger partial charge in [-0.1, -0.05) is 20.8 Å². The van der Waals surface area contributed by atoms with Gasteiger partial charge < -0.3 is 9.72 Å². The highest BCUT2D eigenvalue weighted by Gasteiger charge is 2.19. The standard InChI is InChI=1S/C14H17BrN2O/c1-14(2,3)10-7-9(5-6-12(10)18-4)11-8-16-13(15)17-11/h5-8H,1-4H3,(H,16,17). The summed E-state index contributed by atoms with van der Waals surface area (Å²) in [6, 6.07) is 6.19. The molecular weight excluding hydrogens is 292 g/mol. The average molecular weight is 309 g/mol. The van der Waals surface area contributed by atoms with Gasteiger partial charge in [0.1, 0.15) is 5.75 Å². The molecule has 0 saturated heterocycles. The topological polar surface area (TPSA) is 37.9 Å². The Labute approximate surface area is 116 Å². The molecule has 1 heterocycles. The largest absolute Gasteiger partial charge is 0.496 e. The summed E-state index contributed by atoms with van der Waals surface area (Å²) in [5.41, 5.74) is 3.33. The molecule has 0 atom stereocenters. The number of nitrogens with zero attached hydrogens (tertiary/aromatic N) is 1. The molecule has 1 N–H and O–H groups in total. The molecule has 4 heteroatoms. The molecule has 96 valence electrons. The molecule has 0 unspecified atom stereocenters. The van der Waals surface area contributed by atoms with E-state index in [4.69, 9.17) is 4.74 Å². The van der Waals surface area contributed by atoms with Crippen molar-refractivity contribution >= 4 is 15.9 Å². The van der Waals surface area contributed by atoms with E-state index in [1.807, 2.05) is 18.3 Å². The molecule has 1 aromatic carbocycles. The molecular formula is C14H17BrN2O. The van der Waals surface area contributed by atoms with E-state index in [1.54, 1.807) is 7.11 Å². The predicted octanol–water partition coefficient (Wildman–Crippen LogP) is 4.15. The second kappa shape index (κ2) is 4.76. The molecule has 3 nitrogen and oxygen atoms in total. The molecule has 0 fully saturated rings. The van der Waals surface area contributed by atoms with Crippen LogP contribution in [0.3, 0.4) is 0 Å². The first-order valence-corrected chi connectivity index (χ1v) is 6.60. The summed E-state index contributed by atoms with van der Waals surface area (Å²) in [5.74, 6) is 0.921. The van der Waals surface area contributed by atoms with Crippen molar-refractivity contribution in [1.82, 2.24) is 9.97 Å². The lowest BCUT2D eigenvalue weighted by atomic mass is 9.85. The molecule has 0 amide bonds. The van der Waals surface area contributed by atoms with Crippen molar-refractivity contribution in [2.45, 2.75) is 26.2 Å². The molecule has 0 spiro atoms. The van der Waals surface area contributed by atoms with E-state index in [-0.39, 0.29) is 5.41 Å². The predicted molar refractivity (Wildman–Crippen MR) is 77.0 cm³/mol. The number of nitrogens with one attached hydrogen (secondary N) is 1. The summed E-state index contributed by atoms with van der Waals surface area (Å²) in [6.45, 7) is 6.53. The molecule has 0 aliphatic heterocycles. The van der Waals surface area contributed by atoms with Crippen LogP contribution in [0.15, 0.2) is 29.1 Å². The minimum atomic E-state index is 0.0403. The molecule has 1 aromatic heterocycles. The second-order valence-corrected chi connectivity index (χ2v) is 6.00. The Morgan fingerprint density at radius 1 is 1.28 bits per heavy atom. The number of methoxy groups -OCH3 is 1. The van der Waals surface area contributed by atoms with Crippen molar-refractivity contribution in [2.24, 2.45) is 0 Å². The van der Waals surface area contributed by atoms with E-state index in [0.29, 0.717) is 0 Å². The third-order valence-corrected chi connectivity index (χ3v) is 3.27. The Morgan fingerprint density at radius 3 is 2.50 bits per heavy atom. The molecule has 2 rings (SSSR count). The second-order valence-electron chi connectivity index (χ2n) is 5.25. The Morgan fingerprint density at radius 2 is 2.00 bits per heavy atom. The van der Waals surface area contributed by atoms with Crippen LogP contribution in [-0.2, 0) is 5.41 Å². The number of hydrogen-bond donors (Lipinski definition) is 1. The number of benzene rings is 1. The third kappa shape index (κ3) is 2.58. The molecule has 0 aliphatic rings. The van der Waals surface area contributed by atoms with Crippen molar-refractivity contribution < 1.29 is 4.74 Å². The first-order valence-electron chi connectivity index (χ1n) is 5.81. The van der Waals surface area contributed by atoms with Crippen LogP contribution < -0.4 is 4.74 Å². The van der Waals surface area contributed by atoms with E-state index in [0.717, 1.165) is 21.7 Å². The molecule has 2 aromatic rings. The van der Waals surface area contributed by atoms with Crippen molar-refractivity contribution in [1.29, 1.82) is 0 Å². The van der Waals surface area contributed by atoms with Crippen LogP contribution in [-0.4, -0.2) is 17.1 Å². The Balaban J connectivity index is 2.52. The van der Waals surface area contributed by atoms with Crippen LogP contribution in [0.2, 0.25) is 0 Å². The van der Waals surface area contributed by atoms with Gasteiger partial charge in [-0.15, -0.1) is 0 Å². The van der Waals surface area contributed by atoms with Crippen LogP contribution in [0, 0.1) is 0 Å². The maximum absolute atomic E-state index is 5.43. The average Bonchev–Trinajstić information content (AvgIpc) is 2.74. The van der Waals surface area contributed by atoms with Gasteiger partial charge in [-0.05, 0) is 39.5 Å². The fourth-order valence-electron chi connectivity index (χ4n) is 1.91. The minimum absolute atomic E-state index is 0.0403. The molecule has 0 bridgehead atoms. The number of halogens is 1. The van der Waals surface area contributed by atoms with Crippen LogP contribution in [0.25, 0.3) is 11.3 Å². The highest BCUT2D eigenvalue weighted by molar-refractivity contribution is 9.10. The first kappa shape index (κ1) is 13.1. The number of rotatable bonds is 2. The Kier molecular flexibility index (Phi) is 3.48. The van der Waals surface area contributed by atoms with E-state index in [2.05, 4.69) is 52.7 Å². The number of ether oxygens (including phenoxy) is 1. The number of hydrogen-bond acceptors (Lipinski definition) is 2. The van der Waals surface area contributed by atoms with Crippen LogP contribution in [0.1, 0.15) is 26.3 Å². The van der Waals surface area contributed by atoms with Gasteiger partial charge in [0.05, 0.1) is 19.0 Å². The first-order chi connectivity index (χ1) is 8.41. The fourth-order valence-corrected chi connectivity index (χ4v) is 2.22. The van der Waals surface area contributed by atoms with Gasteiger partial charge in [-0.25, -0.2) is 4.98 Å². The lowest BCUT2D eigenvalue weighted by Crippen LogP contribution is -2.12. The van der Waals surface area contributed by atoms with Gasteiger partial charge in [0.15, 0.2) is 4.73 Å². The molecule has 18 heavy (non-hydrogen) atoms. The van der Waals surface area contributed by atoms with E-state index >= 15 is 0 Å². The summed E-state index contributed by atoms with van der Waals surface area (Å²) in [5, 5.41) is 0. The van der Waals surface area contributed by atoms with Gasteiger partial charge in [0.25, 0.3) is 0 Å². The minimum Gasteiger partial charge on any atom is -0.496 e. The number of aromatic nitrogens is 2. The van der Waals surface area contributed by atoms with Crippen molar-refractivity contribution in [3.05, 3.63) is 34.7 Å². The van der Waals surface area contributed by atoms with E-state index < -0.39 is 0 Å². The zero-order chi connectivity index (χ0) is 13.3. The fraction of sp³-hybridized carbons (Fsp3) is 0.357. The van der Waals surface area contributed by atoms with Gasteiger partial charge in [0, 0.05) is 11.1 Å². The van der Waals surface area contributed by atoms with Gasteiger partial charge in [-0.3, -0.25) is 0 Å². The smallest absolute Gasteiger partial charge is 0.174 e. The highest BCUT2D eigenvalue weighted by Crippen LogP contribution is 2.34. The van der Waals surface area contributed by atoms with Gasteiger partial charge in [0.2, 0.25) is 0 Å². The van der Waals surface area contributed by atoms with E-state index in [9.17, 15) is 0 Å². The number of H-pyrrole nitrogens is 1. The zero-order valence-corrected chi connectivity index (χ0v) is 12.6. The monoisotopic (exact) mass is 308 g/mol.